The summed E-state index contributed by atoms with van der Waals surface area (Å²) < 4.78 is 0.0447. The van der Waals surface area contributed by atoms with Crippen molar-refractivity contribution in [1.82, 2.24) is 10.2 Å². The van der Waals surface area contributed by atoms with Crippen LogP contribution >= 0.6 is 23.5 Å². The molecule has 2 heterocycles. The monoisotopic (exact) mass is 215 g/mol. The topological polar surface area (TPSA) is 57.8 Å². The standard InChI is InChI=1S/C7H9N3OS2/c11-6(7-12-3-4-13-7)9-5-1-2-8-10-5/h1-2,7H,3-4H2,(H2,8,9,10,11). The number of hydrogen-bond acceptors (Lipinski definition) is 4. The third kappa shape index (κ3) is 2.19. The van der Waals surface area contributed by atoms with Gasteiger partial charge in [0.25, 0.3) is 0 Å². The van der Waals surface area contributed by atoms with Crippen LogP contribution in [-0.4, -0.2) is 32.2 Å². The molecule has 0 bridgehead atoms. The first-order valence-electron chi connectivity index (χ1n) is 3.90. The van der Waals surface area contributed by atoms with Crippen LogP contribution in [0.3, 0.4) is 0 Å². The quantitative estimate of drug-likeness (QED) is 0.777. The van der Waals surface area contributed by atoms with Gasteiger partial charge in [-0.25, -0.2) is 0 Å². The minimum Gasteiger partial charge on any atom is -0.309 e. The molecule has 0 spiro atoms. The van der Waals surface area contributed by atoms with E-state index >= 15 is 0 Å². The largest absolute Gasteiger partial charge is 0.309 e. The summed E-state index contributed by atoms with van der Waals surface area (Å²) in [7, 11) is 0. The van der Waals surface area contributed by atoms with Gasteiger partial charge in [0, 0.05) is 17.6 Å². The molecule has 0 aromatic carbocycles. The first kappa shape index (κ1) is 8.96. The van der Waals surface area contributed by atoms with Crippen molar-refractivity contribution >= 4 is 35.2 Å². The minimum absolute atomic E-state index is 0.0447. The van der Waals surface area contributed by atoms with Gasteiger partial charge in [-0.1, -0.05) is 0 Å². The molecule has 1 aliphatic rings. The van der Waals surface area contributed by atoms with Gasteiger partial charge in [-0.05, 0) is 0 Å². The zero-order valence-corrected chi connectivity index (χ0v) is 8.45. The van der Waals surface area contributed by atoms with Crippen molar-refractivity contribution in [3.8, 4) is 0 Å². The summed E-state index contributed by atoms with van der Waals surface area (Å²) in [6, 6.07) is 1.74. The lowest BCUT2D eigenvalue weighted by Crippen LogP contribution is -2.20. The molecule has 13 heavy (non-hydrogen) atoms. The van der Waals surface area contributed by atoms with Crippen LogP contribution in [0, 0.1) is 0 Å². The Kier molecular flexibility index (Phi) is 2.80. The maximum atomic E-state index is 11.5. The Bertz CT molecular complexity index is 282. The molecule has 1 amide bonds. The third-order valence-electron chi connectivity index (χ3n) is 1.59. The molecular formula is C7H9N3OS2. The average Bonchev–Trinajstić information content (AvgIpc) is 2.74. The van der Waals surface area contributed by atoms with Crippen LogP contribution in [0.25, 0.3) is 0 Å². The predicted molar refractivity (Wildman–Crippen MR) is 55.9 cm³/mol. The molecule has 1 fully saturated rings. The fraction of sp³-hybridized carbons (Fsp3) is 0.429. The molecule has 4 nitrogen and oxygen atoms in total. The number of nitrogens with zero attached hydrogens (tertiary/aromatic N) is 1. The molecule has 6 heteroatoms. The smallest absolute Gasteiger partial charge is 0.248 e. The van der Waals surface area contributed by atoms with E-state index < -0.39 is 0 Å². The van der Waals surface area contributed by atoms with E-state index in [0.29, 0.717) is 5.82 Å². The van der Waals surface area contributed by atoms with Crippen molar-refractivity contribution in [1.29, 1.82) is 0 Å². The van der Waals surface area contributed by atoms with E-state index in [4.69, 9.17) is 0 Å². The Balaban J connectivity index is 1.91. The Morgan fingerprint density at radius 3 is 3.00 bits per heavy atom. The highest BCUT2D eigenvalue weighted by Gasteiger charge is 2.24. The lowest BCUT2D eigenvalue weighted by atomic mass is 10.6. The van der Waals surface area contributed by atoms with Gasteiger partial charge in [0.2, 0.25) is 5.91 Å². The molecule has 0 unspecified atom stereocenters. The molecule has 0 atom stereocenters. The molecule has 2 N–H and O–H groups in total. The second kappa shape index (κ2) is 4.06. The molecule has 0 radical (unpaired) electrons. The molecule has 1 aromatic heterocycles. The lowest BCUT2D eigenvalue weighted by Gasteiger charge is -2.06. The van der Waals surface area contributed by atoms with Gasteiger partial charge in [-0.15, -0.1) is 23.5 Å². The number of H-pyrrole nitrogens is 1. The van der Waals surface area contributed by atoms with Gasteiger partial charge in [0.05, 0.1) is 6.20 Å². The van der Waals surface area contributed by atoms with Gasteiger partial charge in [0.1, 0.15) is 10.4 Å². The summed E-state index contributed by atoms with van der Waals surface area (Å²) in [5.74, 6) is 2.84. The summed E-state index contributed by atoms with van der Waals surface area (Å²) in [5.41, 5.74) is 0. The zero-order valence-electron chi connectivity index (χ0n) is 6.82. The van der Waals surface area contributed by atoms with Gasteiger partial charge in [-0.3, -0.25) is 9.89 Å². The van der Waals surface area contributed by atoms with E-state index in [1.807, 2.05) is 0 Å². The van der Waals surface area contributed by atoms with E-state index in [1.165, 1.54) is 0 Å². The van der Waals surface area contributed by atoms with Crippen LogP contribution in [0.15, 0.2) is 12.3 Å². The summed E-state index contributed by atoms with van der Waals surface area (Å²) in [6.45, 7) is 0. The number of carbonyl (C=O) groups is 1. The van der Waals surface area contributed by atoms with Gasteiger partial charge in [-0.2, -0.15) is 5.10 Å². The first-order chi connectivity index (χ1) is 6.36. The van der Waals surface area contributed by atoms with Gasteiger partial charge < -0.3 is 5.32 Å². The predicted octanol–water partition coefficient (Wildman–Crippen LogP) is 1.15. The fourth-order valence-corrected chi connectivity index (χ4v) is 3.61. The van der Waals surface area contributed by atoms with Crippen molar-refractivity contribution in [3.63, 3.8) is 0 Å². The number of carbonyl (C=O) groups excluding carboxylic acids is 1. The highest BCUT2D eigenvalue weighted by atomic mass is 32.2. The van der Waals surface area contributed by atoms with Crippen molar-refractivity contribution in [3.05, 3.63) is 12.3 Å². The van der Waals surface area contributed by atoms with Crippen LogP contribution in [-0.2, 0) is 4.79 Å². The van der Waals surface area contributed by atoms with Crippen molar-refractivity contribution in [2.24, 2.45) is 0 Å². The minimum atomic E-state index is 0.0447. The van der Waals surface area contributed by atoms with E-state index in [1.54, 1.807) is 35.8 Å². The number of aromatic nitrogens is 2. The second-order valence-electron chi connectivity index (χ2n) is 2.53. The summed E-state index contributed by atoms with van der Waals surface area (Å²) >= 11 is 3.38. The zero-order chi connectivity index (χ0) is 9.10. The number of nitrogens with one attached hydrogen (secondary N) is 2. The SMILES string of the molecule is O=C(Nc1ccn[nH]1)C1SCCS1. The maximum Gasteiger partial charge on any atom is 0.248 e. The molecule has 0 aliphatic carbocycles. The Morgan fingerprint density at radius 2 is 2.38 bits per heavy atom. The van der Waals surface area contributed by atoms with Crippen LogP contribution in [0.5, 0.6) is 0 Å². The van der Waals surface area contributed by atoms with Crippen LogP contribution < -0.4 is 5.32 Å². The Labute approximate surface area is 84.2 Å². The van der Waals surface area contributed by atoms with Crippen molar-refractivity contribution in [2.75, 3.05) is 16.8 Å². The summed E-state index contributed by atoms with van der Waals surface area (Å²) in [4.78, 5) is 11.5. The van der Waals surface area contributed by atoms with Crippen LogP contribution in [0.2, 0.25) is 0 Å². The van der Waals surface area contributed by atoms with Crippen molar-refractivity contribution < 1.29 is 4.79 Å². The number of anilines is 1. The summed E-state index contributed by atoms with van der Waals surface area (Å²) in [5, 5.41) is 9.20. The maximum absolute atomic E-state index is 11.5. The molecule has 1 aromatic rings. The molecule has 1 saturated heterocycles. The van der Waals surface area contributed by atoms with Crippen LogP contribution in [0.1, 0.15) is 0 Å². The third-order valence-corrected chi connectivity index (χ3v) is 4.58. The van der Waals surface area contributed by atoms with E-state index in [0.717, 1.165) is 11.5 Å². The van der Waals surface area contributed by atoms with Gasteiger partial charge >= 0.3 is 0 Å². The lowest BCUT2D eigenvalue weighted by molar-refractivity contribution is -0.114. The highest BCUT2D eigenvalue weighted by Crippen LogP contribution is 2.32. The molecule has 0 saturated carbocycles. The number of rotatable bonds is 2. The number of thioether (sulfide) groups is 2. The molecule has 1 aliphatic heterocycles. The number of hydrogen-bond donors (Lipinski definition) is 2. The Hall–Kier alpha value is -0.620. The summed E-state index contributed by atoms with van der Waals surface area (Å²) in [6.07, 6.45) is 1.62. The van der Waals surface area contributed by atoms with E-state index in [2.05, 4.69) is 15.5 Å². The van der Waals surface area contributed by atoms with E-state index in [9.17, 15) is 4.79 Å². The Morgan fingerprint density at radius 1 is 1.62 bits per heavy atom. The highest BCUT2D eigenvalue weighted by molar-refractivity contribution is 8.21. The number of aromatic amines is 1. The number of amides is 1. The second-order valence-corrected chi connectivity index (χ2v) is 5.26. The fourth-order valence-electron chi connectivity index (χ4n) is 1.03. The van der Waals surface area contributed by atoms with Gasteiger partial charge in [0.15, 0.2) is 0 Å². The van der Waals surface area contributed by atoms with Crippen LogP contribution in [0.4, 0.5) is 5.82 Å². The molecule has 2 rings (SSSR count). The van der Waals surface area contributed by atoms with E-state index in [-0.39, 0.29) is 10.5 Å². The molecular weight excluding hydrogens is 206 g/mol. The first-order valence-corrected chi connectivity index (χ1v) is 5.99. The molecule has 70 valence electrons. The van der Waals surface area contributed by atoms with Crippen molar-refractivity contribution in [2.45, 2.75) is 4.58 Å². The average molecular weight is 215 g/mol. The normalized spacial score (nSPS) is 17.5.